The molecule has 0 heteroatoms. The van der Waals surface area contributed by atoms with Gasteiger partial charge >= 0.3 is 0 Å². The number of rotatable bonds is 2. The van der Waals surface area contributed by atoms with Crippen molar-refractivity contribution in [3.8, 4) is 0 Å². The predicted molar refractivity (Wildman–Crippen MR) is 67.1 cm³/mol. The van der Waals surface area contributed by atoms with Gasteiger partial charge in [0.1, 0.15) is 0 Å². The van der Waals surface area contributed by atoms with Gasteiger partial charge in [0.25, 0.3) is 0 Å². The molecule has 5 unspecified atom stereocenters. The Bertz CT molecular complexity index is 257. The van der Waals surface area contributed by atoms with E-state index in [2.05, 4.69) is 0 Å². The summed E-state index contributed by atoms with van der Waals surface area (Å²) >= 11 is 0. The van der Waals surface area contributed by atoms with Crippen LogP contribution in [-0.2, 0) is 0 Å². The van der Waals surface area contributed by atoms with Crippen molar-refractivity contribution < 1.29 is 0 Å². The van der Waals surface area contributed by atoms with Crippen molar-refractivity contribution in [2.24, 2.45) is 35.5 Å². The molecule has 16 heavy (non-hydrogen) atoms. The van der Waals surface area contributed by atoms with E-state index in [0.29, 0.717) is 0 Å². The monoisotopic (exact) mass is 218 g/mol. The average Bonchev–Trinajstić information content (AvgIpc) is 2.94. The SMILES string of the molecule is C1CC2CC1CC(CC1CC3CCC1C3)C2. The van der Waals surface area contributed by atoms with E-state index in [1.807, 2.05) is 0 Å². The largest absolute Gasteiger partial charge is 0.0502 e. The van der Waals surface area contributed by atoms with Crippen molar-refractivity contribution in [1.29, 1.82) is 0 Å². The molecule has 0 aromatic heterocycles. The first-order valence-electron chi connectivity index (χ1n) is 7.87. The summed E-state index contributed by atoms with van der Waals surface area (Å²) in [5, 5.41) is 0. The normalized spacial score (nSPS) is 54.8. The highest BCUT2D eigenvalue weighted by molar-refractivity contribution is 4.93. The Morgan fingerprint density at radius 3 is 1.94 bits per heavy atom. The van der Waals surface area contributed by atoms with E-state index >= 15 is 0 Å². The molecule has 90 valence electrons. The van der Waals surface area contributed by atoms with Crippen molar-refractivity contribution in [3.05, 3.63) is 0 Å². The molecule has 4 bridgehead atoms. The van der Waals surface area contributed by atoms with Gasteiger partial charge in [0, 0.05) is 0 Å². The lowest BCUT2D eigenvalue weighted by atomic mass is 9.74. The molecule has 4 saturated carbocycles. The molecule has 0 radical (unpaired) electrons. The maximum Gasteiger partial charge on any atom is -0.0380 e. The zero-order valence-corrected chi connectivity index (χ0v) is 10.5. The molecule has 0 amide bonds. The van der Waals surface area contributed by atoms with Gasteiger partial charge in [-0.1, -0.05) is 19.3 Å². The van der Waals surface area contributed by atoms with Gasteiger partial charge in [0.15, 0.2) is 0 Å². The quantitative estimate of drug-likeness (QED) is 0.633. The Morgan fingerprint density at radius 2 is 1.31 bits per heavy atom. The first-order valence-corrected chi connectivity index (χ1v) is 7.87. The van der Waals surface area contributed by atoms with Gasteiger partial charge in [-0.25, -0.2) is 0 Å². The smallest absolute Gasteiger partial charge is 0.0380 e. The van der Waals surface area contributed by atoms with Crippen LogP contribution in [0, 0.1) is 35.5 Å². The van der Waals surface area contributed by atoms with Gasteiger partial charge in [-0.3, -0.25) is 0 Å². The number of hydrogen-bond donors (Lipinski definition) is 0. The minimum Gasteiger partial charge on any atom is -0.0502 e. The molecular weight excluding hydrogens is 192 g/mol. The van der Waals surface area contributed by atoms with Gasteiger partial charge < -0.3 is 0 Å². The van der Waals surface area contributed by atoms with Crippen molar-refractivity contribution in [2.75, 3.05) is 0 Å². The van der Waals surface area contributed by atoms with Gasteiger partial charge in [-0.15, -0.1) is 0 Å². The fourth-order valence-electron chi connectivity index (χ4n) is 5.93. The Morgan fingerprint density at radius 1 is 0.625 bits per heavy atom. The number of fused-ring (bicyclic) bond motifs is 4. The molecule has 0 heterocycles. The molecule has 4 fully saturated rings. The standard InChI is InChI=1S/C16H26/c1-2-12-5-11(1)6-14(7-12)10-16-9-13-3-4-15(16)8-13/h11-16H,1-10H2. The summed E-state index contributed by atoms with van der Waals surface area (Å²) in [4.78, 5) is 0. The summed E-state index contributed by atoms with van der Waals surface area (Å²) in [6.07, 6.45) is 16.0. The fraction of sp³-hybridized carbons (Fsp3) is 1.00. The van der Waals surface area contributed by atoms with Crippen molar-refractivity contribution >= 4 is 0 Å². The van der Waals surface area contributed by atoms with Crippen LogP contribution in [0.15, 0.2) is 0 Å². The molecule has 4 aliphatic carbocycles. The van der Waals surface area contributed by atoms with E-state index in [0.717, 1.165) is 23.7 Å². The van der Waals surface area contributed by atoms with Crippen LogP contribution in [0.1, 0.15) is 64.2 Å². The second-order valence-electron chi connectivity index (χ2n) is 7.55. The highest BCUT2D eigenvalue weighted by atomic mass is 14.5. The summed E-state index contributed by atoms with van der Waals surface area (Å²) in [6, 6.07) is 0. The highest BCUT2D eigenvalue weighted by Crippen LogP contribution is 2.53. The first-order chi connectivity index (χ1) is 7.87. The van der Waals surface area contributed by atoms with E-state index < -0.39 is 0 Å². The van der Waals surface area contributed by atoms with Crippen LogP contribution in [-0.4, -0.2) is 0 Å². The molecule has 0 N–H and O–H groups in total. The van der Waals surface area contributed by atoms with Gasteiger partial charge in [0.05, 0.1) is 0 Å². The van der Waals surface area contributed by atoms with Gasteiger partial charge in [-0.2, -0.15) is 0 Å². The molecule has 0 aliphatic heterocycles. The molecule has 0 saturated heterocycles. The third-order valence-electron chi connectivity index (χ3n) is 6.50. The van der Waals surface area contributed by atoms with Crippen LogP contribution in [0.3, 0.4) is 0 Å². The summed E-state index contributed by atoms with van der Waals surface area (Å²) in [5.41, 5.74) is 0. The Labute approximate surface area is 100 Å². The Hall–Kier alpha value is 0. The molecule has 4 rings (SSSR count). The second-order valence-corrected chi connectivity index (χ2v) is 7.55. The van der Waals surface area contributed by atoms with Crippen molar-refractivity contribution in [2.45, 2.75) is 64.2 Å². The van der Waals surface area contributed by atoms with E-state index in [9.17, 15) is 0 Å². The predicted octanol–water partition coefficient (Wildman–Crippen LogP) is 4.64. The zero-order chi connectivity index (χ0) is 10.5. The number of hydrogen-bond acceptors (Lipinski definition) is 0. The highest BCUT2D eigenvalue weighted by Gasteiger charge is 2.42. The molecular formula is C16H26. The molecule has 5 atom stereocenters. The first kappa shape index (κ1) is 9.97. The van der Waals surface area contributed by atoms with Crippen LogP contribution >= 0.6 is 0 Å². The summed E-state index contributed by atoms with van der Waals surface area (Å²) in [7, 11) is 0. The van der Waals surface area contributed by atoms with Crippen LogP contribution < -0.4 is 0 Å². The molecule has 4 aliphatic rings. The summed E-state index contributed by atoms with van der Waals surface area (Å²) in [5.74, 6) is 6.96. The van der Waals surface area contributed by atoms with E-state index in [1.54, 1.807) is 64.2 Å². The average molecular weight is 218 g/mol. The van der Waals surface area contributed by atoms with Crippen LogP contribution in [0.5, 0.6) is 0 Å². The van der Waals surface area contributed by atoms with E-state index in [-0.39, 0.29) is 0 Å². The molecule has 0 nitrogen and oxygen atoms in total. The Balaban J connectivity index is 1.37. The Kier molecular flexibility index (Phi) is 2.34. The maximum absolute atomic E-state index is 1.63. The van der Waals surface area contributed by atoms with Crippen LogP contribution in [0.4, 0.5) is 0 Å². The van der Waals surface area contributed by atoms with E-state index in [1.165, 1.54) is 11.8 Å². The fourth-order valence-corrected chi connectivity index (χ4v) is 5.93. The van der Waals surface area contributed by atoms with E-state index in [4.69, 9.17) is 0 Å². The van der Waals surface area contributed by atoms with Crippen LogP contribution in [0.25, 0.3) is 0 Å². The lowest BCUT2D eigenvalue weighted by Gasteiger charge is -2.32. The minimum atomic E-state index is 1.15. The van der Waals surface area contributed by atoms with Crippen molar-refractivity contribution in [3.63, 3.8) is 0 Å². The summed E-state index contributed by atoms with van der Waals surface area (Å²) in [6.45, 7) is 0. The topological polar surface area (TPSA) is 0 Å². The minimum absolute atomic E-state index is 1.15. The van der Waals surface area contributed by atoms with Crippen LogP contribution in [0.2, 0.25) is 0 Å². The zero-order valence-electron chi connectivity index (χ0n) is 10.5. The lowest BCUT2D eigenvalue weighted by molar-refractivity contribution is 0.190. The van der Waals surface area contributed by atoms with Crippen molar-refractivity contribution in [1.82, 2.24) is 0 Å². The van der Waals surface area contributed by atoms with Gasteiger partial charge in [0.2, 0.25) is 0 Å². The summed E-state index contributed by atoms with van der Waals surface area (Å²) < 4.78 is 0. The molecule has 0 aromatic rings. The maximum atomic E-state index is 1.63. The lowest BCUT2D eigenvalue weighted by Crippen LogP contribution is -2.21. The second kappa shape index (κ2) is 3.75. The third kappa shape index (κ3) is 1.64. The molecule has 0 aromatic carbocycles. The third-order valence-corrected chi connectivity index (χ3v) is 6.50. The molecule has 0 spiro atoms. The van der Waals surface area contributed by atoms with Gasteiger partial charge in [-0.05, 0) is 80.5 Å².